The van der Waals surface area contributed by atoms with Gasteiger partial charge in [0.15, 0.2) is 0 Å². The van der Waals surface area contributed by atoms with E-state index in [0.29, 0.717) is 11.7 Å². The number of halogens is 1. The molecule has 0 bridgehead atoms. The summed E-state index contributed by atoms with van der Waals surface area (Å²) in [5.41, 5.74) is 7.02. The number of nitrogens with zero attached hydrogens (tertiary/aromatic N) is 3. The first-order chi connectivity index (χ1) is 7.11. The van der Waals surface area contributed by atoms with E-state index in [2.05, 4.69) is 46.5 Å². The van der Waals surface area contributed by atoms with Crippen molar-refractivity contribution in [2.75, 3.05) is 5.73 Å². The highest BCUT2D eigenvalue weighted by atomic mass is 127. The lowest BCUT2D eigenvalue weighted by Gasteiger charge is -1.98. The molecule has 0 saturated heterocycles. The predicted octanol–water partition coefficient (Wildman–Crippen LogP) is 2.64. The molecule has 0 aliphatic rings. The molecule has 2 aromatic heterocycles. The van der Waals surface area contributed by atoms with Crippen molar-refractivity contribution >= 4 is 39.7 Å². The average Bonchev–Trinajstić information content (AvgIpc) is 2.77. The van der Waals surface area contributed by atoms with Crippen LogP contribution in [-0.4, -0.2) is 14.8 Å². The molecule has 4 nitrogen and oxygen atoms in total. The minimum Gasteiger partial charge on any atom is -0.383 e. The van der Waals surface area contributed by atoms with Crippen molar-refractivity contribution in [3.05, 3.63) is 20.8 Å². The molecule has 0 fully saturated rings. The van der Waals surface area contributed by atoms with Gasteiger partial charge in [0.1, 0.15) is 5.82 Å². The number of nitrogens with two attached hydrogens (primary N) is 1. The van der Waals surface area contributed by atoms with Crippen molar-refractivity contribution in [3.63, 3.8) is 0 Å². The van der Waals surface area contributed by atoms with Gasteiger partial charge in [-0.15, -0.1) is 11.3 Å². The van der Waals surface area contributed by atoms with E-state index < -0.39 is 0 Å². The molecule has 0 aromatic carbocycles. The van der Waals surface area contributed by atoms with E-state index in [9.17, 15) is 0 Å². The lowest BCUT2D eigenvalue weighted by molar-refractivity contribution is 0.766. The van der Waals surface area contributed by atoms with Crippen LogP contribution in [0.2, 0.25) is 0 Å². The second kappa shape index (κ2) is 4.09. The molecule has 0 amide bonds. The summed E-state index contributed by atoms with van der Waals surface area (Å²) in [6.45, 7) is 4.21. The number of rotatable bonds is 2. The second-order valence-electron chi connectivity index (χ2n) is 3.47. The zero-order valence-electron chi connectivity index (χ0n) is 8.44. The lowest BCUT2D eigenvalue weighted by atomic mass is 10.1. The van der Waals surface area contributed by atoms with E-state index in [4.69, 9.17) is 5.73 Å². The van der Waals surface area contributed by atoms with Gasteiger partial charge in [-0.1, -0.05) is 13.8 Å². The summed E-state index contributed by atoms with van der Waals surface area (Å²) < 4.78 is 2.74. The summed E-state index contributed by atoms with van der Waals surface area (Å²) >= 11 is 3.76. The van der Waals surface area contributed by atoms with Gasteiger partial charge in [-0.2, -0.15) is 9.78 Å². The van der Waals surface area contributed by atoms with Gasteiger partial charge in [0.05, 0.1) is 9.26 Å². The minimum atomic E-state index is 0.375. The van der Waals surface area contributed by atoms with E-state index in [0.717, 1.165) is 14.4 Å². The monoisotopic (exact) mass is 334 g/mol. The van der Waals surface area contributed by atoms with Gasteiger partial charge in [0.25, 0.3) is 0 Å². The smallest absolute Gasteiger partial charge is 0.212 e. The molecule has 2 rings (SSSR count). The average molecular weight is 334 g/mol. The summed E-state index contributed by atoms with van der Waals surface area (Å²) in [7, 11) is 0. The highest BCUT2D eigenvalue weighted by molar-refractivity contribution is 14.1. The molecule has 0 saturated carbocycles. The molecule has 2 aromatic rings. The van der Waals surface area contributed by atoms with Crippen LogP contribution in [0.3, 0.4) is 0 Å². The Hall–Kier alpha value is -0.630. The molecular weight excluding hydrogens is 323 g/mol. The molecular formula is C9H11IN4S. The van der Waals surface area contributed by atoms with Crippen LogP contribution in [0, 0.1) is 3.57 Å². The maximum absolute atomic E-state index is 5.99. The number of hydrogen-bond acceptors (Lipinski definition) is 4. The highest BCUT2D eigenvalue weighted by Gasteiger charge is 2.17. The Balaban J connectivity index is 2.55. The Morgan fingerprint density at radius 2 is 2.27 bits per heavy atom. The van der Waals surface area contributed by atoms with Crippen molar-refractivity contribution in [2.45, 2.75) is 19.8 Å². The third-order valence-corrected chi connectivity index (χ3v) is 3.89. The Bertz CT molecular complexity index is 461. The van der Waals surface area contributed by atoms with E-state index >= 15 is 0 Å². The molecule has 0 aliphatic carbocycles. The molecule has 6 heteroatoms. The number of nitrogen functional groups attached to an aromatic ring is 1. The summed E-state index contributed by atoms with van der Waals surface area (Å²) in [4.78, 5) is 4.20. The van der Waals surface area contributed by atoms with Crippen LogP contribution < -0.4 is 5.73 Å². The first kappa shape index (κ1) is 10.9. The van der Waals surface area contributed by atoms with Gasteiger partial charge in [-0.05, 0) is 28.5 Å². The van der Waals surface area contributed by atoms with Gasteiger partial charge in [0.2, 0.25) is 5.13 Å². The van der Waals surface area contributed by atoms with Crippen LogP contribution in [0.5, 0.6) is 0 Å². The Morgan fingerprint density at radius 1 is 1.53 bits per heavy atom. The van der Waals surface area contributed by atoms with E-state index in [-0.39, 0.29) is 0 Å². The fourth-order valence-electron chi connectivity index (χ4n) is 1.26. The van der Waals surface area contributed by atoms with E-state index in [1.54, 1.807) is 10.9 Å². The van der Waals surface area contributed by atoms with Crippen molar-refractivity contribution in [1.82, 2.24) is 14.8 Å². The molecule has 0 atom stereocenters. The second-order valence-corrected chi connectivity index (χ2v) is 5.42. The summed E-state index contributed by atoms with van der Waals surface area (Å²) in [6.07, 6.45) is 1.75. The number of anilines is 1. The van der Waals surface area contributed by atoms with Crippen LogP contribution in [0.4, 0.5) is 5.82 Å². The topological polar surface area (TPSA) is 56.7 Å². The fourth-order valence-corrected chi connectivity index (χ4v) is 2.83. The van der Waals surface area contributed by atoms with Gasteiger partial charge in [-0.3, -0.25) is 0 Å². The van der Waals surface area contributed by atoms with Crippen molar-refractivity contribution in [2.24, 2.45) is 0 Å². The molecule has 0 spiro atoms. The predicted molar refractivity (Wildman–Crippen MR) is 70.5 cm³/mol. The third kappa shape index (κ3) is 1.87. The van der Waals surface area contributed by atoms with E-state index in [1.807, 2.05) is 5.38 Å². The van der Waals surface area contributed by atoms with Crippen molar-refractivity contribution in [3.8, 4) is 5.13 Å². The maximum Gasteiger partial charge on any atom is 0.212 e. The zero-order chi connectivity index (χ0) is 11.0. The molecule has 80 valence electrons. The normalized spacial score (nSPS) is 11.2. The van der Waals surface area contributed by atoms with Crippen molar-refractivity contribution in [1.29, 1.82) is 0 Å². The molecule has 2 heterocycles. The van der Waals surface area contributed by atoms with Gasteiger partial charge in [0, 0.05) is 11.6 Å². The molecule has 0 unspecified atom stereocenters. The minimum absolute atomic E-state index is 0.375. The quantitative estimate of drug-likeness (QED) is 0.859. The van der Waals surface area contributed by atoms with E-state index in [1.165, 1.54) is 11.3 Å². The van der Waals surface area contributed by atoms with Crippen LogP contribution in [0.15, 0.2) is 11.6 Å². The van der Waals surface area contributed by atoms with Crippen LogP contribution in [-0.2, 0) is 0 Å². The first-order valence-corrected chi connectivity index (χ1v) is 6.51. The summed E-state index contributed by atoms with van der Waals surface area (Å²) in [5, 5.41) is 7.22. The first-order valence-electron chi connectivity index (χ1n) is 4.55. The Kier molecular flexibility index (Phi) is 2.96. The maximum atomic E-state index is 5.99. The number of hydrogen-bond donors (Lipinski definition) is 1. The van der Waals surface area contributed by atoms with Gasteiger partial charge in [-0.25, -0.2) is 4.98 Å². The molecule has 15 heavy (non-hydrogen) atoms. The summed E-state index contributed by atoms with van der Waals surface area (Å²) in [6, 6.07) is 0. The third-order valence-electron chi connectivity index (χ3n) is 2.03. The Labute approximate surface area is 106 Å². The molecule has 0 aliphatic heterocycles. The number of thiazole rings is 1. The fraction of sp³-hybridized carbons (Fsp3) is 0.333. The van der Waals surface area contributed by atoms with Crippen LogP contribution in [0.1, 0.15) is 25.5 Å². The summed E-state index contributed by atoms with van der Waals surface area (Å²) in [5.74, 6) is 1.05. The van der Waals surface area contributed by atoms with Gasteiger partial charge < -0.3 is 5.73 Å². The lowest BCUT2D eigenvalue weighted by Crippen LogP contribution is -2.01. The Morgan fingerprint density at radius 3 is 2.73 bits per heavy atom. The molecule has 2 N–H and O–H groups in total. The SMILES string of the molecule is CC(C)c1nn(-c2nccs2)c(N)c1I. The molecule has 0 radical (unpaired) electrons. The van der Waals surface area contributed by atoms with Gasteiger partial charge >= 0.3 is 0 Å². The number of aromatic nitrogens is 3. The largest absolute Gasteiger partial charge is 0.383 e. The van der Waals surface area contributed by atoms with Crippen LogP contribution >= 0.6 is 33.9 Å². The van der Waals surface area contributed by atoms with Crippen LogP contribution in [0.25, 0.3) is 5.13 Å². The zero-order valence-corrected chi connectivity index (χ0v) is 11.4. The highest BCUT2D eigenvalue weighted by Crippen LogP contribution is 2.28. The standard InChI is InChI=1S/C9H11IN4S/c1-5(2)7-6(10)8(11)14(13-7)9-12-3-4-15-9/h3-5H,11H2,1-2H3. The van der Waals surface area contributed by atoms with Crippen molar-refractivity contribution < 1.29 is 0 Å².